The van der Waals surface area contributed by atoms with Gasteiger partial charge in [-0.15, -0.1) is 0 Å². The Hall–Kier alpha value is -2.64. The lowest BCUT2D eigenvalue weighted by atomic mass is 9.80. The number of aryl methyl sites for hydroxylation is 3. The van der Waals surface area contributed by atoms with Crippen molar-refractivity contribution in [3.05, 3.63) is 51.8 Å². The molecule has 0 saturated heterocycles. The van der Waals surface area contributed by atoms with Gasteiger partial charge in [-0.05, 0) is 75.1 Å². The van der Waals surface area contributed by atoms with Crippen molar-refractivity contribution in [1.82, 2.24) is 20.2 Å². The molecule has 2 aromatic heterocycles. The number of anilines is 4. The number of halogens is 1. The highest BCUT2D eigenvalue weighted by molar-refractivity contribution is 6.32. The summed E-state index contributed by atoms with van der Waals surface area (Å²) in [5.41, 5.74) is 5.66. The van der Waals surface area contributed by atoms with Gasteiger partial charge in [0.2, 0.25) is 5.95 Å². The van der Waals surface area contributed by atoms with Crippen LogP contribution in [0.15, 0.2) is 24.4 Å². The van der Waals surface area contributed by atoms with Crippen molar-refractivity contribution in [3.8, 4) is 0 Å². The van der Waals surface area contributed by atoms with Crippen LogP contribution in [0, 0.1) is 20.8 Å². The molecule has 2 heterocycles. The first-order valence-electron chi connectivity index (χ1n) is 10.3. The van der Waals surface area contributed by atoms with Gasteiger partial charge in [-0.1, -0.05) is 17.7 Å². The molecule has 1 fully saturated rings. The molecule has 0 spiro atoms. The maximum atomic E-state index is 9.80. The van der Waals surface area contributed by atoms with Gasteiger partial charge in [-0.25, -0.2) is 4.98 Å². The summed E-state index contributed by atoms with van der Waals surface area (Å²) in [6.45, 7) is 6.15. The van der Waals surface area contributed by atoms with Gasteiger partial charge >= 0.3 is 0 Å². The van der Waals surface area contributed by atoms with E-state index in [-0.39, 0.29) is 6.10 Å². The Bertz CT molecular complexity index is 1040. The molecule has 1 saturated carbocycles. The molecule has 1 aliphatic rings. The summed E-state index contributed by atoms with van der Waals surface area (Å²) < 4.78 is 0. The Balaban J connectivity index is 1.54. The van der Waals surface area contributed by atoms with Crippen LogP contribution in [0.5, 0.6) is 0 Å². The molecule has 0 radical (unpaired) electrons. The molecule has 7 nitrogen and oxygen atoms in total. The molecule has 0 bridgehead atoms. The third-order valence-electron chi connectivity index (χ3n) is 5.69. The molecule has 0 unspecified atom stereocenters. The molecule has 0 atom stereocenters. The van der Waals surface area contributed by atoms with Crippen molar-refractivity contribution < 1.29 is 5.11 Å². The number of aliphatic hydroxyl groups is 1. The van der Waals surface area contributed by atoms with Crippen LogP contribution in [0.4, 0.5) is 23.3 Å². The van der Waals surface area contributed by atoms with E-state index in [1.165, 1.54) is 11.1 Å². The minimum absolute atomic E-state index is 0.140. The van der Waals surface area contributed by atoms with Gasteiger partial charge in [-0.2, -0.15) is 10.1 Å². The summed E-state index contributed by atoms with van der Waals surface area (Å²) in [6, 6.07) is 6.28. The molecule has 1 aromatic carbocycles. The van der Waals surface area contributed by atoms with E-state index in [1.807, 2.05) is 13.0 Å². The first-order valence-corrected chi connectivity index (χ1v) is 10.6. The van der Waals surface area contributed by atoms with E-state index in [1.54, 1.807) is 6.20 Å². The lowest BCUT2D eigenvalue weighted by Gasteiger charge is -2.27. The van der Waals surface area contributed by atoms with Crippen molar-refractivity contribution in [1.29, 1.82) is 0 Å². The predicted octanol–water partition coefficient (Wildman–Crippen LogP) is 5.28. The van der Waals surface area contributed by atoms with Crippen LogP contribution in [0.25, 0.3) is 0 Å². The van der Waals surface area contributed by atoms with Crippen molar-refractivity contribution in [2.45, 2.75) is 58.5 Å². The Morgan fingerprint density at radius 2 is 1.80 bits per heavy atom. The van der Waals surface area contributed by atoms with Gasteiger partial charge in [0.1, 0.15) is 5.02 Å². The van der Waals surface area contributed by atoms with Gasteiger partial charge < -0.3 is 15.7 Å². The van der Waals surface area contributed by atoms with Crippen LogP contribution in [-0.4, -0.2) is 31.4 Å². The van der Waals surface area contributed by atoms with Crippen LogP contribution < -0.4 is 10.6 Å². The van der Waals surface area contributed by atoms with E-state index in [0.717, 1.165) is 42.6 Å². The van der Waals surface area contributed by atoms with Crippen LogP contribution in [0.3, 0.4) is 0 Å². The number of aromatic amines is 1. The number of nitrogens with zero attached hydrogens (tertiary/aromatic N) is 3. The number of H-pyrrole nitrogens is 1. The average molecular weight is 427 g/mol. The predicted molar refractivity (Wildman–Crippen MR) is 120 cm³/mol. The van der Waals surface area contributed by atoms with Gasteiger partial charge in [0.05, 0.1) is 12.3 Å². The molecule has 30 heavy (non-hydrogen) atoms. The zero-order chi connectivity index (χ0) is 21.3. The van der Waals surface area contributed by atoms with Gasteiger partial charge in [0.25, 0.3) is 0 Å². The van der Waals surface area contributed by atoms with Crippen LogP contribution in [0.1, 0.15) is 54.0 Å². The second-order valence-electron chi connectivity index (χ2n) is 8.11. The third kappa shape index (κ3) is 4.57. The molecule has 4 rings (SSSR count). The highest BCUT2D eigenvalue weighted by Gasteiger charge is 2.22. The molecule has 0 amide bonds. The number of rotatable bonds is 5. The topological polar surface area (TPSA) is 98.8 Å². The van der Waals surface area contributed by atoms with E-state index in [0.29, 0.717) is 28.5 Å². The fourth-order valence-corrected chi connectivity index (χ4v) is 4.18. The second-order valence-corrected chi connectivity index (χ2v) is 8.51. The summed E-state index contributed by atoms with van der Waals surface area (Å²) in [4.78, 5) is 8.84. The van der Waals surface area contributed by atoms with E-state index in [9.17, 15) is 5.11 Å². The number of aliphatic hydroxyl groups excluding tert-OH is 1. The molecule has 8 heteroatoms. The molecule has 0 aliphatic heterocycles. The standard InChI is InChI=1S/C22H27ClN6O/c1-12-9-19(13(2)8-17(12)15-4-6-16(30)7-5-15)25-22-24-11-18(23)21(27-22)26-20-10-14(3)28-29-20/h8-11,15-16,30H,4-7H2,1-3H3,(H3,24,25,26,27,28,29)/t15-,16-. The number of nitrogens with one attached hydrogen (secondary N) is 3. The zero-order valence-electron chi connectivity index (χ0n) is 17.5. The highest BCUT2D eigenvalue weighted by atomic mass is 35.5. The maximum absolute atomic E-state index is 9.80. The number of aromatic nitrogens is 4. The van der Waals surface area contributed by atoms with E-state index in [4.69, 9.17) is 11.6 Å². The second kappa shape index (κ2) is 8.62. The smallest absolute Gasteiger partial charge is 0.229 e. The minimum Gasteiger partial charge on any atom is -0.393 e. The molecule has 4 N–H and O–H groups in total. The zero-order valence-corrected chi connectivity index (χ0v) is 18.2. The largest absolute Gasteiger partial charge is 0.393 e. The Morgan fingerprint density at radius 1 is 1.03 bits per heavy atom. The molecular formula is C22H27ClN6O. The van der Waals surface area contributed by atoms with Gasteiger partial charge in [0.15, 0.2) is 11.6 Å². The average Bonchev–Trinajstić information content (AvgIpc) is 3.12. The van der Waals surface area contributed by atoms with Crippen LogP contribution in [0.2, 0.25) is 5.02 Å². The SMILES string of the molecule is Cc1cc(Nc2nc(Nc3cc(C)c([C@H]4CC[C@H](O)CC4)cc3C)ncc2Cl)n[nH]1. The highest BCUT2D eigenvalue weighted by Crippen LogP contribution is 2.37. The van der Waals surface area contributed by atoms with Crippen molar-refractivity contribution in [2.24, 2.45) is 0 Å². The van der Waals surface area contributed by atoms with Gasteiger partial charge in [-0.3, -0.25) is 5.10 Å². The number of hydrogen-bond donors (Lipinski definition) is 4. The fourth-order valence-electron chi connectivity index (χ4n) is 4.04. The van der Waals surface area contributed by atoms with Crippen molar-refractivity contribution in [3.63, 3.8) is 0 Å². The first-order chi connectivity index (χ1) is 14.4. The van der Waals surface area contributed by atoms with Crippen molar-refractivity contribution in [2.75, 3.05) is 10.6 Å². The summed E-state index contributed by atoms with van der Waals surface area (Å²) in [5, 5.41) is 23.7. The molecular weight excluding hydrogens is 400 g/mol. The fraction of sp³-hybridized carbons (Fsp3) is 0.409. The molecule has 158 valence electrons. The van der Waals surface area contributed by atoms with E-state index >= 15 is 0 Å². The monoisotopic (exact) mass is 426 g/mol. The van der Waals surface area contributed by atoms with E-state index < -0.39 is 0 Å². The Labute approximate surface area is 181 Å². The van der Waals surface area contributed by atoms with E-state index in [2.05, 4.69) is 56.8 Å². The number of benzene rings is 1. The Kier molecular flexibility index (Phi) is 5.92. The lowest BCUT2D eigenvalue weighted by molar-refractivity contribution is 0.122. The maximum Gasteiger partial charge on any atom is 0.229 e. The first kappa shape index (κ1) is 20.6. The number of hydrogen-bond acceptors (Lipinski definition) is 6. The Morgan fingerprint density at radius 3 is 2.50 bits per heavy atom. The quantitative estimate of drug-likeness (QED) is 0.442. The molecule has 1 aliphatic carbocycles. The van der Waals surface area contributed by atoms with Crippen LogP contribution >= 0.6 is 11.6 Å². The summed E-state index contributed by atoms with van der Waals surface area (Å²) in [6.07, 6.45) is 5.27. The summed E-state index contributed by atoms with van der Waals surface area (Å²) >= 11 is 6.26. The lowest BCUT2D eigenvalue weighted by Crippen LogP contribution is -2.17. The van der Waals surface area contributed by atoms with Gasteiger partial charge in [0, 0.05) is 17.4 Å². The third-order valence-corrected chi connectivity index (χ3v) is 5.97. The van der Waals surface area contributed by atoms with Crippen LogP contribution in [-0.2, 0) is 0 Å². The summed E-state index contributed by atoms with van der Waals surface area (Å²) in [7, 11) is 0. The van der Waals surface area contributed by atoms with Crippen molar-refractivity contribution >= 4 is 34.9 Å². The summed E-state index contributed by atoms with van der Waals surface area (Å²) in [5.74, 6) is 2.12. The normalized spacial score (nSPS) is 19.0. The molecule has 3 aromatic rings. The minimum atomic E-state index is -0.140.